The first-order valence-electron chi connectivity index (χ1n) is 5.72. The minimum atomic E-state index is -0.102. The molecule has 0 fully saturated rings. The van der Waals surface area contributed by atoms with Crippen molar-refractivity contribution in [2.45, 2.75) is 19.9 Å². The number of hydrogen-bond acceptors (Lipinski definition) is 3. The lowest BCUT2D eigenvalue weighted by Gasteiger charge is -2.19. The topological polar surface area (TPSA) is 58.4 Å². The number of nitrogens with zero attached hydrogens (tertiary/aromatic N) is 1. The van der Waals surface area contributed by atoms with Gasteiger partial charge in [0.2, 0.25) is 0 Å². The van der Waals surface area contributed by atoms with Crippen LogP contribution in [0.25, 0.3) is 0 Å². The maximum atomic E-state index is 12.1. The molecule has 0 aliphatic heterocycles. The summed E-state index contributed by atoms with van der Waals surface area (Å²) in [4.78, 5) is 14.1. The number of likely N-dealkylation sites (N-methyl/N-ethyl adjacent to an activating group) is 1. The molecule has 0 spiro atoms. The second-order valence-corrected chi connectivity index (χ2v) is 4.68. The van der Waals surface area contributed by atoms with Gasteiger partial charge >= 0.3 is 0 Å². The summed E-state index contributed by atoms with van der Waals surface area (Å²) in [5.41, 5.74) is 7.84. The normalized spacial score (nSPS) is 12.5. The minimum Gasteiger partial charge on any atom is -0.398 e. The summed E-state index contributed by atoms with van der Waals surface area (Å²) in [6, 6.07) is 5.59. The lowest BCUT2D eigenvalue weighted by atomic mass is 10.1. The molecule has 0 aliphatic rings. The third-order valence-corrected chi connectivity index (χ3v) is 2.55. The first-order chi connectivity index (χ1) is 7.91. The van der Waals surface area contributed by atoms with Crippen molar-refractivity contribution in [2.75, 3.05) is 26.4 Å². The lowest BCUT2D eigenvalue weighted by molar-refractivity contribution is 0.0934. The SMILES string of the molecule is Cc1cccc(N)c1C(=O)NC(C)CN(C)C. The standard InChI is InChI=1S/C13H21N3O/c1-9-6-5-7-11(14)12(9)13(17)15-10(2)8-16(3)4/h5-7,10H,8,14H2,1-4H3,(H,15,17). The number of rotatable bonds is 4. The zero-order valence-electron chi connectivity index (χ0n) is 10.9. The predicted octanol–water partition coefficient (Wildman–Crippen LogP) is 1.26. The molecule has 0 radical (unpaired) electrons. The van der Waals surface area contributed by atoms with Crippen LogP contribution < -0.4 is 11.1 Å². The van der Waals surface area contributed by atoms with Crippen molar-refractivity contribution in [1.29, 1.82) is 0 Å². The number of nitrogen functional groups attached to an aromatic ring is 1. The van der Waals surface area contributed by atoms with Gasteiger partial charge in [-0.3, -0.25) is 4.79 Å². The molecule has 1 amide bonds. The Morgan fingerprint density at radius 2 is 2.12 bits per heavy atom. The Kier molecular flexibility index (Phi) is 4.52. The fraction of sp³-hybridized carbons (Fsp3) is 0.462. The maximum absolute atomic E-state index is 12.1. The molecule has 0 bridgehead atoms. The van der Waals surface area contributed by atoms with Crippen molar-refractivity contribution in [2.24, 2.45) is 0 Å². The average Bonchev–Trinajstić information content (AvgIpc) is 2.15. The van der Waals surface area contributed by atoms with E-state index in [1.807, 2.05) is 45.0 Å². The first-order valence-corrected chi connectivity index (χ1v) is 5.72. The average molecular weight is 235 g/mol. The van der Waals surface area contributed by atoms with Crippen LogP contribution in [0.4, 0.5) is 5.69 Å². The van der Waals surface area contributed by atoms with Crippen molar-refractivity contribution < 1.29 is 4.79 Å². The fourth-order valence-corrected chi connectivity index (χ4v) is 1.89. The number of carbonyl (C=O) groups is 1. The van der Waals surface area contributed by atoms with E-state index >= 15 is 0 Å². The van der Waals surface area contributed by atoms with E-state index < -0.39 is 0 Å². The number of nitrogens with two attached hydrogens (primary N) is 1. The van der Waals surface area contributed by atoms with E-state index in [9.17, 15) is 4.79 Å². The zero-order valence-corrected chi connectivity index (χ0v) is 10.9. The van der Waals surface area contributed by atoms with Crippen LogP contribution in [-0.4, -0.2) is 37.5 Å². The molecule has 0 saturated carbocycles. The van der Waals surface area contributed by atoms with Crippen LogP contribution >= 0.6 is 0 Å². The number of carbonyl (C=O) groups excluding carboxylic acids is 1. The van der Waals surface area contributed by atoms with Crippen molar-refractivity contribution in [3.8, 4) is 0 Å². The molecule has 94 valence electrons. The Labute approximate surface area is 103 Å². The second kappa shape index (κ2) is 5.68. The number of anilines is 1. The molecule has 0 saturated heterocycles. The molecule has 4 nitrogen and oxygen atoms in total. The van der Waals surface area contributed by atoms with Gasteiger partial charge in [0.15, 0.2) is 0 Å². The molecule has 1 unspecified atom stereocenters. The molecule has 1 rings (SSSR count). The lowest BCUT2D eigenvalue weighted by Crippen LogP contribution is -2.40. The van der Waals surface area contributed by atoms with E-state index in [1.54, 1.807) is 6.07 Å². The van der Waals surface area contributed by atoms with Crippen molar-refractivity contribution in [3.05, 3.63) is 29.3 Å². The van der Waals surface area contributed by atoms with Gasteiger partial charge in [0.25, 0.3) is 5.91 Å². The van der Waals surface area contributed by atoms with Gasteiger partial charge in [0, 0.05) is 18.3 Å². The van der Waals surface area contributed by atoms with E-state index in [4.69, 9.17) is 5.73 Å². The number of benzene rings is 1. The van der Waals surface area contributed by atoms with Crippen molar-refractivity contribution >= 4 is 11.6 Å². The van der Waals surface area contributed by atoms with Crippen LogP contribution in [0.15, 0.2) is 18.2 Å². The molecular formula is C13H21N3O. The third kappa shape index (κ3) is 3.75. The fourth-order valence-electron chi connectivity index (χ4n) is 1.89. The number of nitrogens with one attached hydrogen (secondary N) is 1. The summed E-state index contributed by atoms with van der Waals surface area (Å²) >= 11 is 0. The monoisotopic (exact) mass is 235 g/mol. The molecular weight excluding hydrogens is 214 g/mol. The smallest absolute Gasteiger partial charge is 0.253 e. The predicted molar refractivity (Wildman–Crippen MR) is 71.1 cm³/mol. The van der Waals surface area contributed by atoms with Crippen LogP contribution in [0.2, 0.25) is 0 Å². The van der Waals surface area contributed by atoms with E-state index in [-0.39, 0.29) is 11.9 Å². The summed E-state index contributed by atoms with van der Waals surface area (Å²) < 4.78 is 0. The first kappa shape index (κ1) is 13.5. The zero-order chi connectivity index (χ0) is 13.0. The second-order valence-electron chi connectivity index (χ2n) is 4.68. The molecule has 1 aromatic carbocycles. The van der Waals surface area contributed by atoms with Gasteiger partial charge < -0.3 is 16.0 Å². The van der Waals surface area contributed by atoms with Crippen molar-refractivity contribution in [3.63, 3.8) is 0 Å². The maximum Gasteiger partial charge on any atom is 0.253 e. The van der Waals surface area contributed by atoms with Gasteiger partial charge in [-0.25, -0.2) is 0 Å². The summed E-state index contributed by atoms with van der Waals surface area (Å²) in [5.74, 6) is -0.102. The van der Waals surface area contributed by atoms with E-state index in [1.165, 1.54) is 0 Å². The van der Waals surface area contributed by atoms with Gasteiger partial charge in [0.05, 0.1) is 5.56 Å². The molecule has 0 aliphatic carbocycles. The third-order valence-electron chi connectivity index (χ3n) is 2.55. The molecule has 1 atom stereocenters. The summed E-state index contributed by atoms with van der Waals surface area (Å²) in [5, 5.41) is 2.95. The Bertz CT molecular complexity index is 381. The molecule has 0 aromatic heterocycles. The van der Waals surface area contributed by atoms with Gasteiger partial charge in [-0.05, 0) is 39.6 Å². The van der Waals surface area contributed by atoms with Gasteiger partial charge in [0.1, 0.15) is 0 Å². The highest BCUT2D eigenvalue weighted by Crippen LogP contribution is 2.15. The number of hydrogen-bond donors (Lipinski definition) is 2. The van der Waals surface area contributed by atoms with Crippen LogP contribution in [0, 0.1) is 6.92 Å². The molecule has 1 aromatic rings. The van der Waals surface area contributed by atoms with E-state index in [2.05, 4.69) is 5.32 Å². The Morgan fingerprint density at radius 1 is 1.47 bits per heavy atom. The Hall–Kier alpha value is -1.55. The minimum absolute atomic E-state index is 0.0940. The van der Waals surface area contributed by atoms with Gasteiger partial charge in [-0.15, -0.1) is 0 Å². The molecule has 0 heterocycles. The van der Waals surface area contributed by atoms with Crippen molar-refractivity contribution in [1.82, 2.24) is 10.2 Å². The highest BCUT2D eigenvalue weighted by Gasteiger charge is 2.14. The molecule has 3 N–H and O–H groups in total. The Morgan fingerprint density at radius 3 is 2.65 bits per heavy atom. The van der Waals surface area contributed by atoms with Crippen LogP contribution in [0.3, 0.4) is 0 Å². The highest BCUT2D eigenvalue weighted by molar-refractivity contribution is 6.00. The summed E-state index contributed by atoms with van der Waals surface area (Å²) in [6.07, 6.45) is 0. The molecule has 4 heteroatoms. The number of amides is 1. The van der Waals surface area contributed by atoms with E-state index in [0.29, 0.717) is 11.3 Å². The summed E-state index contributed by atoms with van der Waals surface area (Å²) in [6.45, 7) is 4.67. The Balaban J connectivity index is 2.77. The highest BCUT2D eigenvalue weighted by atomic mass is 16.1. The van der Waals surface area contributed by atoms with Gasteiger partial charge in [-0.2, -0.15) is 0 Å². The number of aryl methyl sites for hydroxylation is 1. The van der Waals surface area contributed by atoms with Crippen LogP contribution in [-0.2, 0) is 0 Å². The quantitative estimate of drug-likeness (QED) is 0.772. The molecule has 17 heavy (non-hydrogen) atoms. The largest absolute Gasteiger partial charge is 0.398 e. The summed E-state index contributed by atoms with van der Waals surface area (Å²) in [7, 11) is 3.95. The van der Waals surface area contributed by atoms with Crippen LogP contribution in [0.5, 0.6) is 0 Å². The van der Waals surface area contributed by atoms with Gasteiger partial charge in [-0.1, -0.05) is 12.1 Å². The van der Waals surface area contributed by atoms with E-state index in [0.717, 1.165) is 12.1 Å². The van der Waals surface area contributed by atoms with Crippen LogP contribution in [0.1, 0.15) is 22.8 Å².